The number of hydrogen-bond acceptors (Lipinski definition) is 4. The molecule has 39 heavy (non-hydrogen) atoms. The highest BCUT2D eigenvalue weighted by Crippen LogP contribution is 2.41. The smallest absolute Gasteiger partial charge is 0.383 e. The monoisotopic (exact) mass is 573 g/mol. The van der Waals surface area contributed by atoms with Gasteiger partial charge >= 0.3 is 12.4 Å². The van der Waals surface area contributed by atoms with Crippen molar-refractivity contribution in [3.05, 3.63) is 76.4 Å². The molecule has 3 rings (SSSR count). The maximum Gasteiger partial charge on any atom is 0.416 e. The largest absolute Gasteiger partial charge is 0.416 e. The van der Waals surface area contributed by atoms with Crippen LogP contribution in [0.15, 0.2) is 54.7 Å². The number of nitrogens with one attached hydrogen (secondary N) is 1. The number of rotatable bonds is 8. The van der Waals surface area contributed by atoms with Crippen LogP contribution < -0.4 is 10.2 Å². The molecular weight excluding hydrogens is 548 g/mol. The second kappa shape index (κ2) is 11.4. The molecule has 210 valence electrons. The molecule has 0 saturated carbocycles. The van der Waals surface area contributed by atoms with E-state index >= 15 is 0 Å². The average Bonchev–Trinajstić information content (AvgIpc) is 2.87. The molecule has 0 bridgehead atoms. The minimum absolute atomic E-state index is 0.0303. The Kier molecular flexibility index (Phi) is 8.86. The fourth-order valence-electron chi connectivity index (χ4n) is 3.96. The van der Waals surface area contributed by atoms with Gasteiger partial charge in [0.15, 0.2) is 0 Å². The zero-order chi connectivity index (χ0) is 29.2. The summed E-state index contributed by atoms with van der Waals surface area (Å²) in [4.78, 5) is 19.2. The van der Waals surface area contributed by atoms with Crippen molar-refractivity contribution in [1.29, 1.82) is 0 Å². The molecule has 1 amide bonds. The Morgan fingerprint density at radius 3 is 2.05 bits per heavy atom. The number of likely N-dealkylation sites (N-methyl/N-ethyl adjacent to an activating group) is 1. The van der Waals surface area contributed by atoms with E-state index in [1.807, 2.05) is 0 Å². The van der Waals surface area contributed by atoms with E-state index in [2.05, 4.69) is 10.3 Å². The normalized spacial score (nSPS) is 12.4. The number of amides is 1. The number of methoxy groups -OCH3 is 1. The number of anilines is 2. The standard InChI is InChI=1S/C27H26ClF6N3O2/c1-25(2,16-11-17(26(29,30)31)13-18(12-16)27(32,33)34)24(38)37(3)22-15-36-23(35-9-10-39-4)14-20(22)19-7-5-6-8-21(19)28/h5-8,11-15H,9-10H2,1-4H3,(H,35,36). The predicted molar refractivity (Wildman–Crippen MR) is 138 cm³/mol. The van der Waals surface area contributed by atoms with Crippen molar-refractivity contribution in [2.45, 2.75) is 31.6 Å². The zero-order valence-electron chi connectivity index (χ0n) is 21.5. The Labute approximate surface area is 226 Å². The zero-order valence-corrected chi connectivity index (χ0v) is 22.2. The highest BCUT2D eigenvalue weighted by molar-refractivity contribution is 6.33. The number of halogens is 7. The van der Waals surface area contributed by atoms with E-state index in [4.69, 9.17) is 16.3 Å². The third-order valence-corrected chi connectivity index (χ3v) is 6.50. The molecule has 0 saturated heterocycles. The number of hydrogen-bond donors (Lipinski definition) is 1. The van der Waals surface area contributed by atoms with Gasteiger partial charge in [0.05, 0.1) is 35.0 Å². The summed E-state index contributed by atoms with van der Waals surface area (Å²) >= 11 is 6.42. The molecule has 0 fully saturated rings. The van der Waals surface area contributed by atoms with Gasteiger partial charge in [-0.1, -0.05) is 29.8 Å². The molecule has 5 nitrogen and oxygen atoms in total. The van der Waals surface area contributed by atoms with Crippen LogP contribution in [0.5, 0.6) is 0 Å². The maximum absolute atomic E-state index is 13.7. The summed E-state index contributed by atoms with van der Waals surface area (Å²) in [5, 5.41) is 3.43. The Morgan fingerprint density at radius 2 is 1.51 bits per heavy atom. The molecule has 3 aromatic rings. The number of pyridine rings is 1. The first-order valence-electron chi connectivity index (χ1n) is 11.6. The summed E-state index contributed by atoms with van der Waals surface area (Å²) in [6.07, 6.45) is -8.71. The minimum Gasteiger partial charge on any atom is -0.383 e. The van der Waals surface area contributed by atoms with Crippen molar-refractivity contribution in [3.8, 4) is 11.1 Å². The van der Waals surface area contributed by atoms with Gasteiger partial charge < -0.3 is 15.0 Å². The third kappa shape index (κ3) is 6.83. The van der Waals surface area contributed by atoms with Crippen LogP contribution in [0, 0.1) is 0 Å². The van der Waals surface area contributed by atoms with E-state index in [-0.39, 0.29) is 11.8 Å². The van der Waals surface area contributed by atoms with Gasteiger partial charge in [-0.25, -0.2) is 4.98 Å². The molecule has 1 N–H and O–H groups in total. The highest BCUT2D eigenvalue weighted by Gasteiger charge is 2.41. The van der Waals surface area contributed by atoms with Crippen LogP contribution in [0.3, 0.4) is 0 Å². The molecule has 12 heteroatoms. The number of ether oxygens (including phenoxy) is 1. The quantitative estimate of drug-likeness (QED) is 0.225. The van der Waals surface area contributed by atoms with E-state index in [0.717, 1.165) is 4.90 Å². The Morgan fingerprint density at radius 1 is 0.949 bits per heavy atom. The summed E-state index contributed by atoms with van der Waals surface area (Å²) in [7, 11) is 2.91. The molecule has 0 aliphatic heterocycles. The first-order valence-corrected chi connectivity index (χ1v) is 12.0. The van der Waals surface area contributed by atoms with Gasteiger partial charge in [-0.2, -0.15) is 26.3 Å². The molecule has 0 aliphatic carbocycles. The van der Waals surface area contributed by atoms with E-state index in [1.165, 1.54) is 34.2 Å². The Balaban J connectivity index is 2.11. The van der Waals surface area contributed by atoms with Gasteiger partial charge in [-0.15, -0.1) is 0 Å². The molecule has 2 aromatic carbocycles. The van der Waals surface area contributed by atoms with Crippen molar-refractivity contribution in [1.82, 2.24) is 4.98 Å². The third-order valence-electron chi connectivity index (χ3n) is 6.17. The number of alkyl halides is 6. The molecule has 1 aromatic heterocycles. The summed E-state index contributed by atoms with van der Waals surface area (Å²) in [5.41, 5.74) is -3.96. The van der Waals surface area contributed by atoms with Gasteiger partial charge in [0, 0.05) is 36.9 Å². The maximum atomic E-state index is 13.7. The number of aromatic nitrogens is 1. The Bertz CT molecular complexity index is 1310. The van der Waals surface area contributed by atoms with Crippen molar-refractivity contribution in [2.24, 2.45) is 0 Å². The van der Waals surface area contributed by atoms with Crippen molar-refractivity contribution in [2.75, 3.05) is 37.5 Å². The van der Waals surface area contributed by atoms with E-state index < -0.39 is 40.4 Å². The van der Waals surface area contributed by atoms with Crippen molar-refractivity contribution < 1.29 is 35.9 Å². The average molecular weight is 574 g/mol. The van der Waals surface area contributed by atoms with Crippen LogP contribution in [-0.2, 0) is 27.3 Å². The van der Waals surface area contributed by atoms with E-state index in [1.54, 1.807) is 30.3 Å². The first kappa shape index (κ1) is 30.2. The van der Waals surface area contributed by atoms with Crippen molar-refractivity contribution >= 4 is 29.0 Å². The molecule has 0 spiro atoms. The van der Waals surface area contributed by atoms with Crippen LogP contribution >= 0.6 is 11.6 Å². The van der Waals surface area contributed by atoms with Crippen LogP contribution in [0.25, 0.3) is 11.1 Å². The van der Waals surface area contributed by atoms with Crippen LogP contribution in [0.2, 0.25) is 5.02 Å². The lowest BCUT2D eigenvalue weighted by atomic mass is 9.81. The number of carbonyl (C=O) groups is 1. The van der Waals surface area contributed by atoms with Gasteiger partial charge in [0.2, 0.25) is 5.91 Å². The van der Waals surface area contributed by atoms with Gasteiger partial charge in [-0.3, -0.25) is 4.79 Å². The molecular formula is C27H26ClF6N3O2. The number of benzene rings is 2. The second-order valence-electron chi connectivity index (χ2n) is 9.27. The second-order valence-corrected chi connectivity index (χ2v) is 9.68. The van der Waals surface area contributed by atoms with Crippen LogP contribution in [-0.4, -0.2) is 38.2 Å². The summed E-state index contributed by atoms with van der Waals surface area (Å²) in [5.74, 6) is -0.316. The van der Waals surface area contributed by atoms with E-state index in [9.17, 15) is 31.1 Å². The molecule has 1 heterocycles. The molecule has 0 radical (unpaired) electrons. The van der Waals surface area contributed by atoms with Gasteiger partial charge in [-0.05, 0) is 49.7 Å². The van der Waals surface area contributed by atoms with E-state index in [0.29, 0.717) is 47.3 Å². The highest BCUT2D eigenvalue weighted by atomic mass is 35.5. The van der Waals surface area contributed by atoms with Crippen LogP contribution in [0.4, 0.5) is 37.8 Å². The molecule has 0 unspecified atom stereocenters. The lowest BCUT2D eigenvalue weighted by Gasteiger charge is -2.32. The van der Waals surface area contributed by atoms with Crippen LogP contribution in [0.1, 0.15) is 30.5 Å². The summed E-state index contributed by atoms with van der Waals surface area (Å²) in [6, 6.07) is 9.62. The predicted octanol–water partition coefficient (Wildman–Crippen LogP) is 7.44. The number of nitrogens with zero attached hydrogens (tertiary/aromatic N) is 2. The van der Waals surface area contributed by atoms with Gasteiger partial charge in [0.25, 0.3) is 0 Å². The SMILES string of the molecule is COCCNc1cc(-c2ccccc2Cl)c(N(C)C(=O)C(C)(C)c2cc(C(F)(F)F)cc(C(F)(F)F)c2)cn1. The lowest BCUT2D eigenvalue weighted by molar-refractivity contribution is -0.143. The summed E-state index contributed by atoms with van der Waals surface area (Å²) in [6.45, 7) is 3.37. The summed E-state index contributed by atoms with van der Waals surface area (Å²) < 4.78 is 85.9. The van der Waals surface area contributed by atoms with Gasteiger partial charge in [0.1, 0.15) is 5.82 Å². The fraction of sp³-hybridized carbons (Fsp3) is 0.333. The minimum atomic E-state index is -5.05. The lowest BCUT2D eigenvalue weighted by Crippen LogP contribution is -2.42. The first-order chi connectivity index (χ1) is 18.1. The molecule has 0 aliphatic rings. The number of carbonyl (C=O) groups excluding carboxylic acids is 1. The fourth-order valence-corrected chi connectivity index (χ4v) is 4.19. The Hall–Kier alpha value is -3.31. The van der Waals surface area contributed by atoms with Crippen molar-refractivity contribution in [3.63, 3.8) is 0 Å². The molecule has 0 atom stereocenters. The topological polar surface area (TPSA) is 54.5 Å².